The summed E-state index contributed by atoms with van der Waals surface area (Å²) in [5.41, 5.74) is -0.960. The van der Waals surface area contributed by atoms with Gasteiger partial charge in [0.25, 0.3) is 11.6 Å². The van der Waals surface area contributed by atoms with E-state index in [4.69, 9.17) is 0 Å². The molecule has 0 saturated carbocycles. The first kappa shape index (κ1) is 18.5. The molecule has 0 fully saturated rings. The summed E-state index contributed by atoms with van der Waals surface area (Å²) in [6, 6.07) is 9.82. The van der Waals surface area contributed by atoms with E-state index in [-0.39, 0.29) is 18.1 Å². The molecule has 0 amide bonds. The molecule has 1 aromatic carbocycles. The van der Waals surface area contributed by atoms with Crippen molar-refractivity contribution in [1.82, 2.24) is 14.5 Å². The van der Waals surface area contributed by atoms with Crippen molar-refractivity contribution >= 4 is 23.5 Å². The average molecular weight is 383 g/mol. The Kier molecular flexibility index (Phi) is 4.98. The average Bonchev–Trinajstić information content (AvgIpc) is 3.06. The number of nitro groups is 2. The summed E-state index contributed by atoms with van der Waals surface area (Å²) in [6.07, 6.45) is 4.63. The van der Waals surface area contributed by atoms with Crippen LogP contribution in [0.15, 0.2) is 47.4 Å². The van der Waals surface area contributed by atoms with Gasteiger partial charge in [-0.2, -0.15) is 4.98 Å². The number of rotatable bonds is 6. The van der Waals surface area contributed by atoms with Gasteiger partial charge in [0.2, 0.25) is 0 Å². The number of H-pyrrole nitrogens is 1. The molecule has 0 atom stereocenters. The maximum Gasteiger partial charge on any atom is 0.395 e. The zero-order valence-corrected chi connectivity index (χ0v) is 14.2. The summed E-state index contributed by atoms with van der Waals surface area (Å²) in [7, 11) is 0. The first-order valence-electron chi connectivity index (χ1n) is 7.90. The summed E-state index contributed by atoms with van der Waals surface area (Å²) >= 11 is 0. The van der Waals surface area contributed by atoms with Gasteiger partial charge in [0, 0.05) is 23.5 Å². The molecule has 2 aromatic heterocycles. The van der Waals surface area contributed by atoms with E-state index in [0.717, 1.165) is 0 Å². The summed E-state index contributed by atoms with van der Waals surface area (Å²) in [5, 5.41) is 31.4. The number of aromatic amines is 1. The molecule has 0 saturated heterocycles. The van der Waals surface area contributed by atoms with Crippen LogP contribution in [-0.4, -0.2) is 29.5 Å². The highest BCUT2D eigenvalue weighted by Gasteiger charge is 2.21. The molecule has 0 aliphatic carbocycles. The fraction of sp³-hybridized carbons (Fsp3) is 0.0588. The molecule has 0 aliphatic heterocycles. The number of para-hydroxylation sites is 1. The maximum absolute atomic E-state index is 11.7. The molecule has 0 aliphatic rings. The van der Waals surface area contributed by atoms with Gasteiger partial charge in [-0.15, -0.1) is 0 Å². The molecule has 28 heavy (non-hydrogen) atoms. The molecule has 11 nitrogen and oxygen atoms in total. The lowest BCUT2D eigenvalue weighted by atomic mass is 10.2. The van der Waals surface area contributed by atoms with Crippen molar-refractivity contribution < 1.29 is 15.0 Å². The minimum atomic E-state index is -1.08. The van der Waals surface area contributed by atoms with Crippen molar-refractivity contribution in [3.63, 3.8) is 0 Å². The van der Waals surface area contributed by atoms with Crippen LogP contribution in [0.5, 0.6) is 5.88 Å². The predicted molar refractivity (Wildman–Crippen MR) is 98.7 cm³/mol. The van der Waals surface area contributed by atoms with Gasteiger partial charge in [-0.3, -0.25) is 25.0 Å². The first-order valence-corrected chi connectivity index (χ1v) is 7.90. The van der Waals surface area contributed by atoms with Gasteiger partial charge in [0.05, 0.1) is 16.4 Å². The second kappa shape index (κ2) is 7.53. The number of aromatic nitrogens is 3. The number of hydrogen-bond acceptors (Lipinski definition) is 7. The molecule has 0 radical (unpaired) electrons. The smallest absolute Gasteiger partial charge is 0.395 e. The largest absolute Gasteiger partial charge is 0.488 e. The van der Waals surface area contributed by atoms with Crippen molar-refractivity contribution in [1.29, 1.82) is 0 Å². The van der Waals surface area contributed by atoms with Crippen LogP contribution in [0.4, 0.5) is 11.4 Å². The Bertz CT molecular complexity index is 1150. The summed E-state index contributed by atoms with van der Waals surface area (Å²) in [4.78, 5) is 37.8. The van der Waals surface area contributed by atoms with E-state index in [9.17, 15) is 30.1 Å². The molecule has 2 N–H and O–H groups in total. The van der Waals surface area contributed by atoms with Crippen LogP contribution in [0.1, 0.15) is 17.1 Å². The second-order valence-corrected chi connectivity index (χ2v) is 5.66. The van der Waals surface area contributed by atoms with Crippen LogP contribution in [0.2, 0.25) is 0 Å². The minimum absolute atomic E-state index is 0.00239. The van der Waals surface area contributed by atoms with Crippen molar-refractivity contribution in [2.45, 2.75) is 6.54 Å². The number of nitrogens with zero attached hydrogens (tertiary/aromatic N) is 4. The summed E-state index contributed by atoms with van der Waals surface area (Å²) < 4.78 is 1.74. The Morgan fingerprint density at radius 1 is 1.11 bits per heavy atom. The van der Waals surface area contributed by atoms with E-state index in [1.807, 2.05) is 0 Å². The van der Waals surface area contributed by atoms with Crippen LogP contribution in [0.3, 0.4) is 0 Å². The molecular weight excluding hydrogens is 370 g/mol. The van der Waals surface area contributed by atoms with Gasteiger partial charge >= 0.3 is 11.2 Å². The van der Waals surface area contributed by atoms with E-state index in [1.165, 1.54) is 12.1 Å². The molecule has 0 bridgehead atoms. The molecule has 3 aromatic rings. The van der Waals surface area contributed by atoms with E-state index < -0.39 is 27.0 Å². The van der Waals surface area contributed by atoms with Gasteiger partial charge in [-0.05, 0) is 24.3 Å². The third kappa shape index (κ3) is 3.77. The highest BCUT2D eigenvalue weighted by molar-refractivity contribution is 5.65. The third-order valence-corrected chi connectivity index (χ3v) is 3.88. The predicted octanol–water partition coefficient (Wildman–Crippen LogP) is 2.31. The Balaban J connectivity index is 1.89. The molecule has 3 rings (SSSR count). The second-order valence-electron chi connectivity index (χ2n) is 5.66. The van der Waals surface area contributed by atoms with Crippen molar-refractivity contribution in [2.24, 2.45) is 0 Å². The Labute approximate surface area is 156 Å². The topological polar surface area (TPSA) is 157 Å². The van der Waals surface area contributed by atoms with Crippen LogP contribution in [0.25, 0.3) is 12.2 Å². The fourth-order valence-electron chi connectivity index (χ4n) is 2.61. The van der Waals surface area contributed by atoms with Gasteiger partial charge < -0.3 is 14.7 Å². The number of nitro benzene ring substituents is 1. The lowest BCUT2D eigenvalue weighted by molar-refractivity contribution is -0.387. The van der Waals surface area contributed by atoms with E-state index in [2.05, 4.69) is 9.97 Å². The van der Waals surface area contributed by atoms with Crippen molar-refractivity contribution in [2.75, 3.05) is 0 Å². The third-order valence-electron chi connectivity index (χ3n) is 3.88. The standard InChI is InChI=1S/C17H13N5O6/c23-16-15(22(27)28)17(24)19-14(18-16)8-7-12-5-3-9-20(12)10-11-4-1-2-6-13(11)21(25)26/h1-9H,10H2,(H2,18,19,23,24)/b8-7-. The molecule has 0 spiro atoms. The summed E-state index contributed by atoms with van der Waals surface area (Å²) in [6.45, 7) is 0.235. The van der Waals surface area contributed by atoms with Crippen LogP contribution < -0.4 is 5.56 Å². The van der Waals surface area contributed by atoms with Crippen LogP contribution in [-0.2, 0) is 6.54 Å². The monoisotopic (exact) mass is 383 g/mol. The van der Waals surface area contributed by atoms with Gasteiger partial charge in [-0.1, -0.05) is 18.2 Å². The first-order chi connectivity index (χ1) is 13.4. The normalized spacial score (nSPS) is 11.0. The highest BCUT2D eigenvalue weighted by Crippen LogP contribution is 2.21. The van der Waals surface area contributed by atoms with Crippen molar-refractivity contribution in [3.8, 4) is 5.88 Å². The zero-order valence-electron chi connectivity index (χ0n) is 14.2. The Morgan fingerprint density at radius 2 is 1.86 bits per heavy atom. The van der Waals surface area contributed by atoms with E-state index >= 15 is 0 Å². The minimum Gasteiger partial charge on any atom is -0.488 e. The maximum atomic E-state index is 11.7. The molecule has 0 unspecified atom stereocenters. The van der Waals surface area contributed by atoms with E-state index in [0.29, 0.717) is 11.3 Å². The van der Waals surface area contributed by atoms with Gasteiger partial charge in [-0.25, -0.2) is 0 Å². The number of benzene rings is 1. The van der Waals surface area contributed by atoms with Crippen molar-refractivity contribution in [3.05, 3.63) is 90.3 Å². The number of nitrogens with one attached hydrogen (secondary N) is 1. The molecule has 142 valence electrons. The molecule has 2 heterocycles. The van der Waals surface area contributed by atoms with Gasteiger partial charge in [0.1, 0.15) is 5.82 Å². The Hall–Kier alpha value is -4.28. The van der Waals surface area contributed by atoms with Crippen LogP contribution >= 0.6 is 0 Å². The zero-order chi connectivity index (χ0) is 20.3. The number of hydrogen-bond donors (Lipinski definition) is 2. The lowest BCUT2D eigenvalue weighted by Crippen LogP contribution is -2.14. The fourth-order valence-corrected chi connectivity index (χ4v) is 2.61. The Morgan fingerprint density at radius 3 is 2.54 bits per heavy atom. The van der Waals surface area contributed by atoms with Gasteiger partial charge in [0.15, 0.2) is 0 Å². The van der Waals surface area contributed by atoms with Crippen LogP contribution in [0, 0.1) is 20.2 Å². The highest BCUT2D eigenvalue weighted by atomic mass is 16.6. The quantitative estimate of drug-likeness (QED) is 0.488. The van der Waals surface area contributed by atoms with E-state index in [1.54, 1.807) is 47.2 Å². The number of aromatic hydroxyl groups is 1. The SMILES string of the molecule is O=c1[nH]c(/C=C\c2cccn2Cc2ccccc2[N+](=O)[O-])nc(O)c1[N+](=O)[O-]. The molecular formula is C17H13N5O6. The summed E-state index contributed by atoms with van der Waals surface area (Å²) in [5.74, 6) is -1.06. The molecule has 11 heteroatoms. The lowest BCUT2D eigenvalue weighted by Gasteiger charge is -2.07.